The van der Waals surface area contributed by atoms with Crippen molar-refractivity contribution in [2.75, 3.05) is 0 Å². The molecule has 0 aromatic carbocycles. The maximum Gasteiger partial charge on any atom is 0.409 e. The van der Waals surface area contributed by atoms with Gasteiger partial charge in [-0.2, -0.15) is 0 Å². The van der Waals surface area contributed by atoms with Gasteiger partial charge in [-0.3, -0.25) is 5.32 Å². The van der Waals surface area contributed by atoms with Crippen LogP contribution in [0.2, 0.25) is 0 Å². The first-order valence-electron chi connectivity index (χ1n) is 3.99. The van der Waals surface area contributed by atoms with E-state index in [0.29, 0.717) is 0 Å². The van der Waals surface area contributed by atoms with Gasteiger partial charge in [-0.1, -0.05) is 5.16 Å². The third-order valence-electron chi connectivity index (χ3n) is 1.11. The van der Waals surface area contributed by atoms with Crippen LogP contribution in [0, 0.1) is 0 Å². The summed E-state index contributed by atoms with van der Waals surface area (Å²) in [7, 11) is 0. The van der Waals surface area contributed by atoms with Crippen molar-refractivity contribution in [1.82, 2.24) is 5.32 Å². The van der Waals surface area contributed by atoms with Crippen LogP contribution >= 0.6 is 0 Å². The predicted octanol–water partition coefficient (Wildman–Crippen LogP) is -0.458. The molecule has 0 rings (SSSR count). The molecule has 0 saturated heterocycles. The van der Waals surface area contributed by atoms with Gasteiger partial charge >= 0.3 is 6.09 Å². The Bertz CT molecular complexity index is 234. The Kier molecular flexibility index (Phi) is 4.16. The zero-order valence-corrected chi connectivity index (χ0v) is 8.44. The molecular formula is C7H16N4O3. The van der Waals surface area contributed by atoms with E-state index in [1.807, 2.05) is 0 Å². The van der Waals surface area contributed by atoms with E-state index in [9.17, 15) is 4.79 Å². The summed E-state index contributed by atoms with van der Waals surface area (Å²) in [6, 6.07) is 0. The average molecular weight is 204 g/mol. The van der Waals surface area contributed by atoms with Crippen LogP contribution < -0.4 is 16.8 Å². The molecule has 7 nitrogen and oxygen atoms in total. The van der Waals surface area contributed by atoms with Gasteiger partial charge in [0.15, 0.2) is 5.84 Å². The molecule has 0 aliphatic carbocycles. The van der Waals surface area contributed by atoms with Crippen LogP contribution in [-0.4, -0.2) is 28.9 Å². The number of hydrogen-bond acceptors (Lipinski definition) is 5. The standard InChI is InChI=1S/C7H16N4O3/c1-7(2,3)14-6(12)10-4(8)5(9)11-13/h4,13H,8H2,1-3H3,(H2,9,11)(H,10,12)/t4-/m1/s1. The van der Waals surface area contributed by atoms with E-state index in [2.05, 4.69) is 10.5 Å². The number of nitrogens with one attached hydrogen (secondary N) is 1. The van der Waals surface area contributed by atoms with Gasteiger partial charge < -0.3 is 21.4 Å². The number of nitrogens with two attached hydrogens (primary N) is 2. The van der Waals surface area contributed by atoms with E-state index >= 15 is 0 Å². The van der Waals surface area contributed by atoms with Crippen LogP contribution in [0.4, 0.5) is 4.79 Å². The van der Waals surface area contributed by atoms with Gasteiger partial charge in [0.1, 0.15) is 11.8 Å². The first kappa shape index (κ1) is 12.5. The highest BCUT2D eigenvalue weighted by atomic mass is 16.6. The monoisotopic (exact) mass is 204 g/mol. The zero-order chi connectivity index (χ0) is 11.4. The van der Waals surface area contributed by atoms with E-state index in [1.54, 1.807) is 20.8 Å². The van der Waals surface area contributed by atoms with Gasteiger partial charge in [0.2, 0.25) is 0 Å². The van der Waals surface area contributed by atoms with Crippen molar-refractivity contribution in [3.05, 3.63) is 0 Å². The number of amidine groups is 1. The number of carbonyl (C=O) groups excluding carboxylic acids is 1. The summed E-state index contributed by atoms with van der Waals surface area (Å²) in [5.41, 5.74) is 9.84. The maximum atomic E-state index is 11.1. The molecule has 0 unspecified atom stereocenters. The molecule has 0 radical (unpaired) electrons. The van der Waals surface area contributed by atoms with Crippen LogP contribution in [0.5, 0.6) is 0 Å². The van der Waals surface area contributed by atoms with Crippen LogP contribution in [-0.2, 0) is 4.74 Å². The summed E-state index contributed by atoms with van der Waals surface area (Å²) >= 11 is 0. The maximum absolute atomic E-state index is 11.1. The molecule has 0 aromatic rings. The third-order valence-corrected chi connectivity index (χ3v) is 1.11. The SMILES string of the molecule is CC(C)(C)OC(=O)N[C@@H](N)/C(N)=N/O. The molecule has 14 heavy (non-hydrogen) atoms. The number of alkyl carbamates (subject to hydrolysis) is 1. The lowest BCUT2D eigenvalue weighted by Crippen LogP contribution is -2.51. The molecule has 1 atom stereocenters. The van der Waals surface area contributed by atoms with Crippen LogP contribution in [0.25, 0.3) is 0 Å². The van der Waals surface area contributed by atoms with Gasteiger partial charge in [-0.15, -0.1) is 0 Å². The summed E-state index contributed by atoms with van der Waals surface area (Å²) in [5, 5.41) is 13.1. The van der Waals surface area contributed by atoms with Gasteiger partial charge in [0.25, 0.3) is 0 Å². The first-order valence-corrected chi connectivity index (χ1v) is 3.99. The van der Waals surface area contributed by atoms with Crippen molar-refractivity contribution in [3.63, 3.8) is 0 Å². The lowest BCUT2D eigenvalue weighted by atomic mass is 10.2. The molecule has 0 aliphatic heterocycles. The normalized spacial score (nSPS) is 14.7. The van der Waals surface area contributed by atoms with Gasteiger partial charge in [-0.25, -0.2) is 4.79 Å². The quantitative estimate of drug-likeness (QED) is 0.159. The van der Waals surface area contributed by atoms with Crippen molar-refractivity contribution in [3.8, 4) is 0 Å². The van der Waals surface area contributed by atoms with Crippen LogP contribution in [0.3, 0.4) is 0 Å². The third kappa shape index (κ3) is 5.20. The topological polar surface area (TPSA) is 123 Å². The smallest absolute Gasteiger partial charge is 0.409 e. The molecule has 0 saturated carbocycles. The molecule has 0 heterocycles. The van der Waals surface area contributed by atoms with Crippen LogP contribution in [0.1, 0.15) is 20.8 Å². The van der Waals surface area contributed by atoms with Crippen molar-refractivity contribution < 1.29 is 14.7 Å². The molecule has 7 heteroatoms. The van der Waals surface area contributed by atoms with Crippen molar-refractivity contribution in [2.24, 2.45) is 16.6 Å². The largest absolute Gasteiger partial charge is 0.444 e. The zero-order valence-electron chi connectivity index (χ0n) is 8.44. The van der Waals surface area contributed by atoms with E-state index in [-0.39, 0.29) is 5.84 Å². The second-order valence-corrected chi connectivity index (χ2v) is 3.65. The minimum atomic E-state index is -1.06. The highest BCUT2D eigenvalue weighted by Crippen LogP contribution is 2.06. The second-order valence-electron chi connectivity index (χ2n) is 3.65. The number of oxime groups is 1. The number of hydrogen-bond donors (Lipinski definition) is 4. The summed E-state index contributed by atoms with van der Waals surface area (Å²) in [6.07, 6.45) is -1.79. The molecule has 82 valence electrons. The van der Waals surface area contributed by atoms with Crippen molar-refractivity contribution >= 4 is 11.9 Å². The Morgan fingerprint density at radius 1 is 1.57 bits per heavy atom. The van der Waals surface area contributed by atoms with Gasteiger partial charge in [0, 0.05) is 0 Å². The highest BCUT2D eigenvalue weighted by molar-refractivity contribution is 5.87. The van der Waals surface area contributed by atoms with E-state index in [4.69, 9.17) is 21.4 Å². The number of ether oxygens (including phenoxy) is 1. The number of amides is 1. The lowest BCUT2D eigenvalue weighted by molar-refractivity contribution is 0.0518. The number of rotatable bonds is 2. The minimum absolute atomic E-state index is 0.296. The summed E-state index contributed by atoms with van der Waals surface area (Å²) in [6.45, 7) is 5.13. The highest BCUT2D eigenvalue weighted by Gasteiger charge is 2.19. The van der Waals surface area contributed by atoms with Crippen molar-refractivity contribution in [2.45, 2.75) is 32.5 Å². The first-order chi connectivity index (χ1) is 6.26. The molecule has 1 amide bonds. The Labute approximate surface area is 82.1 Å². The summed E-state index contributed by atoms with van der Waals surface area (Å²) < 4.78 is 4.88. The van der Waals surface area contributed by atoms with E-state index in [0.717, 1.165) is 0 Å². The fraction of sp³-hybridized carbons (Fsp3) is 0.714. The second kappa shape index (κ2) is 4.66. The van der Waals surface area contributed by atoms with Gasteiger partial charge in [-0.05, 0) is 20.8 Å². The average Bonchev–Trinajstić information content (AvgIpc) is 1.99. The predicted molar refractivity (Wildman–Crippen MR) is 50.8 cm³/mol. The van der Waals surface area contributed by atoms with Gasteiger partial charge in [0.05, 0.1) is 0 Å². The van der Waals surface area contributed by atoms with Crippen molar-refractivity contribution in [1.29, 1.82) is 0 Å². The Morgan fingerprint density at radius 2 is 2.07 bits per heavy atom. The molecular weight excluding hydrogens is 188 g/mol. The Morgan fingerprint density at radius 3 is 2.43 bits per heavy atom. The Balaban J connectivity index is 4.08. The molecule has 6 N–H and O–H groups in total. The lowest BCUT2D eigenvalue weighted by Gasteiger charge is -2.21. The van der Waals surface area contributed by atoms with Crippen LogP contribution in [0.15, 0.2) is 5.16 Å². The van der Waals surface area contributed by atoms with E-state index in [1.165, 1.54) is 0 Å². The molecule has 0 aliphatic rings. The molecule has 0 spiro atoms. The molecule has 0 fully saturated rings. The van der Waals surface area contributed by atoms with E-state index < -0.39 is 17.9 Å². The number of nitrogens with zero attached hydrogens (tertiary/aromatic N) is 1. The Hall–Kier alpha value is -1.50. The molecule has 0 aromatic heterocycles. The molecule has 0 bridgehead atoms. The fourth-order valence-electron chi connectivity index (χ4n) is 0.571. The fourth-order valence-corrected chi connectivity index (χ4v) is 0.571. The number of carbonyl (C=O) groups is 1. The summed E-state index contributed by atoms with van der Waals surface area (Å²) in [5.74, 6) is -0.296. The minimum Gasteiger partial charge on any atom is -0.444 e. The summed E-state index contributed by atoms with van der Waals surface area (Å²) in [4.78, 5) is 11.1.